The smallest absolute Gasteiger partial charge is 0.417 e. The average Bonchev–Trinajstić information content (AvgIpc) is 3.26. The van der Waals surface area contributed by atoms with Crippen molar-refractivity contribution in [3.05, 3.63) is 64.4 Å². The molecule has 1 aromatic heterocycles. The maximum atomic E-state index is 13.5. The first-order chi connectivity index (χ1) is 18.5. The number of nitrogens with two attached hydrogens (primary N) is 2. The maximum Gasteiger partial charge on any atom is 0.417 e. The third kappa shape index (κ3) is 6.72. The largest absolute Gasteiger partial charge is 0.461 e. The zero-order valence-electron chi connectivity index (χ0n) is 20.9. The Kier molecular flexibility index (Phi) is 9.43. The van der Waals surface area contributed by atoms with Crippen LogP contribution in [0.25, 0.3) is 22.0 Å². The van der Waals surface area contributed by atoms with Gasteiger partial charge in [0.1, 0.15) is 6.61 Å². The minimum absolute atomic E-state index is 0. The molecule has 2 heterocycles. The van der Waals surface area contributed by atoms with E-state index >= 15 is 0 Å². The molecule has 2 aromatic carbocycles. The quantitative estimate of drug-likeness (QED) is 0.326. The summed E-state index contributed by atoms with van der Waals surface area (Å²) in [5.74, 6) is -2.17. The number of nitrogens with zero attached hydrogens (tertiary/aromatic N) is 1. The number of H-pyrrole nitrogens is 1. The zero-order valence-corrected chi connectivity index (χ0v) is 21.7. The molecule has 214 valence electrons. The second-order valence-corrected chi connectivity index (χ2v) is 9.02. The van der Waals surface area contributed by atoms with Crippen molar-refractivity contribution in [2.24, 2.45) is 17.4 Å². The Bertz CT molecular complexity index is 1480. The van der Waals surface area contributed by atoms with Gasteiger partial charge in [-0.25, -0.2) is 4.79 Å². The Hall–Kier alpha value is -4.10. The summed E-state index contributed by atoms with van der Waals surface area (Å²) in [6, 6.07) is 10.8. The van der Waals surface area contributed by atoms with Crippen LogP contribution in [0.4, 0.5) is 23.7 Å². The van der Waals surface area contributed by atoms with Gasteiger partial charge in [0.25, 0.3) is 5.56 Å². The number of ether oxygens (including phenoxy) is 2. The van der Waals surface area contributed by atoms with E-state index in [-0.39, 0.29) is 61.6 Å². The highest BCUT2D eigenvalue weighted by molar-refractivity contribution is 5.95. The lowest BCUT2D eigenvalue weighted by Gasteiger charge is -2.16. The standard InChI is InChI=1S/C26H25F3N4O6.ClH/c27-26(28,29)20-4-2-1-3-18(20)21-9-14-5-6-16(11-19(14)23(35)32-21)33-12-17(39-25(33)37)13-38-24(36)15(7-8-30)10-22(31)34;/h1-6,9,11,15,17H,7-8,10,12-13,30H2,(H2,31,34)(H,32,35);1H/t15?,17-;/m1./s1. The molecular formula is C26H26ClF3N4O6. The number of alkyl halides is 3. The van der Waals surface area contributed by atoms with Crippen LogP contribution in [0.3, 0.4) is 0 Å². The van der Waals surface area contributed by atoms with Crippen molar-refractivity contribution < 1.29 is 37.0 Å². The monoisotopic (exact) mass is 582 g/mol. The molecule has 14 heteroatoms. The van der Waals surface area contributed by atoms with Gasteiger partial charge in [0, 0.05) is 28.8 Å². The number of carbonyl (C=O) groups is 3. The van der Waals surface area contributed by atoms with Crippen LogP contribution >= 0.6 is 12.4 Å². The number of esters is 1. The third-order valence-corrected chi connectivity index (χ3v) is 6.25. The summed E-state index contributed by atoms with van der Waals surface area (Å²) in [6.07, 6.45) is -6.18. The van der Waals surface area contributed by atoms with E-state index in [9.17, 15) is 32.3 Å². The van der Waals surface area contributed by atoms with Crippen LogP contribution < -0.4 is 21.9 Å². The number of primary amides is 1. The zero-order chi connectivity index (χ0) is 28.3. The molecule has 40 heavy (non-hydrogen) atoms. The Morgan fingerprint density at radius 2 is 1.88 bits per heavy atom. The molecule has 4 rings (SSSR count). The van der Waals surface area contributed by atoms with Crippen molar-refractivity contribution in [1.29, 1.82) is 0 Å². The number of rotatable bonds is 9. The van der Waals surface area contributed by atoms with Crippen molar-refractivity contribution in [2.75, 3.05) is 24.6 Å². The molecule has 2 amide bonds. The van der Waals surface area contributed by atoms with Crippen molar-refractivity contribution in [2.45, 2.75) is 25.1 Å². The second-order valence-electron chi connectivity index (χ2n) is 9.02. The molecule has 1 saturated heterocycles. The van der Waals surface area contributed by atoms with Crippen LogP contribution in [0.2, 0.25) is 0 Å². The molecule has 1 aliphatic heterocycles. The van der Waals surface area contributed by atoms with Gasteiger partial charge in [0.2, 0.25) is 5.91 Å². The van der Waals surface area contributed by atoms with E-state index in [0.29, 0.717) is 11.1 Å². The number of aromatic nitrogens is 1. The molecule has 0 spiro atoms. The van der Waals surface area contributed by atoms with Crippen LogP contribution in [-0.4, -0.2) is 48.8 Å². The number of benzene rings is 2. The minimum Gasteiger partial charge on any atom is -0.461 e. The fourth-order valence-corrected chi connectivity index (χ4v) is 4.39. The van der Waals surface area contributed by atoms with E-state index in [0.717, 1.165) is 6.07 Å². The predicted molar refractivity (Wildman–Crippen MR) is 142 cm³/mol. The number of carbonyl (C=O) groups excluding carboxylic acids is 3. The van der Waals surface area contributed by atoms with Gasteiger partial charge in [0.05, 0.1) is 18.0 Å². The van der Waals surface area contributed by atoms with E-state index in [4.69, 9.17) is 20.9 Å². The summed E-state index contributed by atoms with van der Waals surface area (Å²) in [7, 11) is 0. The van der Waals surface area contributed by atoms with Gasteiger partial charge in [-0.2, -0.15) is 13.2 Å². The molecule has 5 N–H and O–H groups in total. The van der Waals surface area contributed by atoms with Crippen molar-refractivity contribution >= 4 is 46.8 Å². The first kappa shape index (κ1) is 30.4. The van der Waals surface area contributed by atoms with Crippen molar-refractivity contribution in [3.63, 3.8) is 0 Å². The van der Waals surface area contributed by atoms with Crippen LogP contribution in [-0.2, 0) is 25.2 Å². The lowest BCUT2D eigenvalue weighted by Crippen LogP contribution is -2.30. The van der Waals surface area contributed by atoms with Crippen molar-refractivity contribution in [3.8, 4) is 11.3 Å². The van der Waals surface area contributed by atoms with Gasteiger partial charge in [-0.15, -0.1) is 12.4 Å². The molecule has 1 aliphatic rings. The summed E-state index contributed by atoms with van der Waals surface area (Å²) < 4.78 is 50.9. The van der Waals surface area contributed by atoms with Crippen molar-refractivity contribution in [1.82, 2.24) is 4.98 Å². The Morgan fingerprint density at radius 1 is 1.15 bits per heavy atom. The van der Waals surface area contributed by atoms with E-state index in [1.165, 1.54) is 47.4 Å². The van der Waals surface area contributed by atoms with Gasteiger partial charge in [-0.3, -0.25) is 19.3 Å². The van der Waals surface area contributed by atoms with E-state index in [1.54, 1.807) is 0 Å². The Labute approximate surface area is 231 Å². The molecule has 1 unspecified atom stereocenters. The number of anilines is 1. The first-order valence-corrected chi connectivity index (χ1v) is 11.9. The van der Waals surface area contributed by atoms with Gasteiger partial charge in [0.15, 0.2) is 6.10 Å². The number of hydrogen-bond acceptors (Lipinski definition) is 7. The number of aromatic amines is 1. The van der Waals surface area contributed by atoms with E-state index in [2.05, 4.69) is 4.98 Å². The Balaban J connectivity index is 0.00000441. The number of pyridine rings is 1. The van der Waals surface area contributed by atoms with Crippen LogP contribution in [0.1, 0.15) is 18.4 Å². The van der Waals surface area contributed by atoms with Crippen LogP contribution in [0, 0.1) is 5.92 Å². The highest BCUT2D eigenvalue weighted by Gasteiger charge is 2.35. The minimum atomic E-state index is -4.61. The van der Waals surface area contributed by atoms with Gasteiger partial charge < -0.3 is 25.9 Å². The SMILES string of the molecule is Cl.NCCC(CC(N)=O)C(=O)OC[C@H]1CN(c2ccc3cc(-c4ccccc4C(F)(F)F)[nH]c(=O)c3c2)C(=O)O1. The Morgan fingerprint density at radius 3 is 2.55 bits per heavy atom. The fraction of sp³-hybridized carbons (Fsp3) is 0.308. The lowest BCUT2D eigenvalue weighted by molar-refractivity contribution is -0.152. The predicted octanol–water partition coefficient (Wildman–Crippen LogP) is 3.34. The van der Waals surface area contributed by atoms with Crippen LogP contribution in [0.5, 0.6) is 0 Å². The van der Waals surface area contributed by atoms with Gasteiger partial charge in [-0.05, 0) is 42.6 Å². The van der Waals surface area contributed by atoms with Gasteiger partial charge >= 0.3 is 18.2 Å². The lowest BCUT2D eigenvalue weighted by atomic mass is 10.0. The van der Waals surface area contributed by atoms with E-state index in [1.807, 2.05) is 0 Å². The number of cyclic esters (lactones) is 1. The average molecular weight is 583 g/mol. The summed E-state index contributed by atoms with van der Waals surface area (Å²) in [5.41, 5.74) is 9.25. The molecule has 3 aromatic rings. The molecule has 10 nitrogen and oxygen atoms in total. The molecule has 0 saturated carbocycles. The van der Waals surface area contributed by atoms with Gasteiger partial charge in [-0.1, -0.05) is 24.3 Å². The number of halogens is 4. The molecule has 0 radical (unpaired) electrons. The summed E-state index contributed by atoms with van der Waals surface area (Å²) in [4.78, 5) is 52.6. The topological polar surface area (TPSA) is 158 Å². The molecular weight excluding hydrogens is 557 g/mol. The fourth-order valence-electron chi connectivity index (χ4n) is 4.39. The molecule has 2 atom stereocenters. The maximum absolute atomic E-state index is 13.5. The molecule has 0 aliphatic carbocycles. The first-order valence-electron chi connectivity index (χ1n) is 11.9. The summed E-state index contributed by atoms with van der Waals surface area (Å²) >= 11 is 0. The number of nitrogens with one attached hydrogen (secondary N) is 1. The number of hydrogen-bond donors (Lipinski definition) is 3. The van der Waals surface area contributed by atoms with Crippen LogP contribution in [0.15, 0.2) is 53.3 Å². The second kappa shape index (κ2) is 12.4. The number of fused-ring (bicyclic) bond motifs is 1. The van der Waals surface area contributed by atoms with E-state index < -0.39 is 47.3 Å². The normalized spacial score (nSPS) is 15.8. The highest BCUT2D eigenvalue weighted by atomic mass is 35.5. The molecule has 1 fully saturated rings. The summed E-state index contributed by atoms with van der Waals surface area (Å²) in [5, 5.41) is 0.521. The molecule has 0 bridgehead atoms. The third-order valence-electron chi connectivity index (χ3n) is 6.25. The highest BCUT2D eigenvalue weighted by Crippen LogP contribution is 2.36. The summed E-state index contributed by atoms with van der Waals surface area (Å²) in [6.45, 7) is -0.113. The number of amides is 2.